The topological polar surface area (TPSA) is 72.5 Å². The number of carbonyl (C=O) groups excluding carboxylic acids is 1. The molecule has 0 aromatic heterocycles. The Hall–Kier alpha value is -0.00312. The van der Waals surface area contributed by atoms with Crippen molar-refractivity contribution in [3.05, 3.63) is 0 Å². The molecule has 126 valence electrons. The van der Waals surface area contributed by atoms with Crippen molar-refractivity contribution >= 4 is 27.2 Å². The maximum absolute atomic E-state index is 12.7. The van der Waals surface area contributed by atoms with Gasteiger partial charge in [0, 0.05) is 41.2 Å². The Morgan fingerprint density at radius 2 is 1.38 bits per heavy atom. The molecule has 0 spiro atoms. The largest absolute Gasteiger partial charge is 0.539 e. The van der Waals surface area contributed by atoms with E-state index in [-0.39, 0.29) is 0 Å². The van der Waals surface area contributed by atoms with Crippen molar-refractivity contribution in [2.45, 2.75) is 31.6 Å². The lowest BCUT2D eigenvalue weighted by Gasteiger charge is -2.36. The van der Waals surface area contributed by atoms with Crippen LogP contribution in [-0.2, 0) is 32.3 Å². The quantitative estimate of drug-likeness (QED) is 0.323. The Balaban J connectivity index is 5.62. The highest BCUT2D eigenvalue weighted by Crippen LogP contribution is 2.27. The second kappa shape index (κ2) is 9.90. The van der Waals surface area contributed by atoms with E-state index in [0.717, 1.165) is 0 Å². The van der Waals surface area contributed by atoms with Crippen LogP contribution in [0.4, 0.5) is 0 Å². The molecule has 0 saturated heterocycles. The molecule has 0 rings (SSSR count). The second-order valence-corrected chi connectivity index (χ2v) is 7.06. The SMILES string of the molecule is CCO[Si](OCC)(OCC)C(OC)C(=O)C(S)(OC)OC. The predicted molar refractivity (Wildman–Crippen MR) is 82.2 cm³/mol. The lowest BCUT2D eigenvalue weighted by molar-refractivity contribution is -0.176. The molecule has 0 radical (unpaired) electrons. The van der Waals surface area contributed by atoms with Gasteiger partial charge in [-0.05, 0) is 20.8 Å². The van der Waals surface area contributed by atoms with Crippen molar-refractivity contribution < 1.29 is 32.3 Å². The molecule has 0 aliphatic carbocycles. The van der Waals surface area contributed by atoms with E-state index >= 15 is 0 Å². The van der Waals surface area contributed by atoms with Crippen molar-refractivity contribution in [3.63, 3.8) is 0 Å². The van der Waals surface area contributed by atoms with Gasteiger partial charge in [-0.15, -0.1) is 12.6 Å². The molecule has 0 saturated carbocycles. The zero-order chi connectivity index (χ0) is 16.5. The van der Waals surface area contributed by atoms with Gasteiger partial charge in [0.25, 0.3) is 5.12 Å². The molecule has 0 N–H and O–H groups in total. The Labute approximate surface area is 133 Å². The standard InChI is InChI=1S/C12H26O7SSi/c1-7-17-21(18-8-2,19-9-3)11(14-4)10(13)12(20,15-5)16-6/h11,20H,7-9H2,1-6H3. The molecule has 21 heavy (non-hydrogen) atoms. The summed E-state index contributed by atoms with van der Waals surface area (Å²) in [6, 6.07) is 0. The monoisotopic (exact) mass is 342 g/mol. The molecule has 0 heterocycles. The average molecular weight is 342 g/mol. The fourth-order valence-corrected chi connectivity index (χ4v) is 4.77. The highest BCUT2D eigenvalue weighted by molar-refractivity contribution is 7.82. The van der Waals surface area contributed by atoms with Gasteiger partial charge in [0.2, 0.25) is 5.78 Å². The van der Waals surface area contributed by atoms with Crippen LogP contribution in [0.5, 0.6) is 0 Å². The van der Waals surface area contributed by atoms with Crippen LogP contribution in [0.1, 0.15) is 20.8 Å². The molecular formula is C12H26O7SSi. The third-order valence-electron chi connectivity index (χ3n) is 2.70. The first-order valence-corrected chi connectivity index (χ1v) is 8.97. The van der Waals surface area contributed by atoms with E-state index in [0.29, 0.717) is 19.8 Å². The summed E-state index contributed by atoms with van der Waals surface area (Å²) in [7, 11) is 0.589. The normalized spacial score (nSPS) is 14.2. The van der Waals surface area contributed by atoms with Gasteiger partial charge in [-0.1, -0.05) is 0 Å². The van der Waals surface area contributed by atoms with Gasteiger partial charge in [0.15, 0.2) is 5.73 Å². The summed E-state index contributed by atoms with van der Waals surface area (Å²) in [6.45, 7) is 6.32. The number of Topliss-reactive ketones (excluding diaryl/α,β-unsaturated/α-hetero) is 1. The Morgan fingerprint density at radius 3 is 1.62 bits per heavy atom. The highest BCUT2D eigenvalue weighted by Gasteiger charge is 2.58. The van der Waals surface area contributed by atoms with Crippen LogP contribution in [-0.4, -0.2) is 66.6 Å². The van der Waals surface area contributed by atoms with Gasteiger partial charge in [-0.2, -0.15) is 0 Å². The molecule has 0 aliphatic heterocycles. The van der Waals surface area contributed by atoms with E-state index < -0.39 is 25.4 Å². The van der Waals surface area contributed by atoms with E-state index in [2.05, 4.69) is 12.6 Å². The molecule has 0 aliphatic rings. The van der Waals surface area contributed by atoms with Crippen LogP contribution in [0.3, 0.4) is 0 Å². The molecule has 1 unspecified atom stereocenters. The van der Waals surface area contributed by atoms with Crippen LogP contribution in [0.15, 0.2) is 0 Å². The van der Waals surface area contributed by atoms with Crippen molar-refractivity contribution in [3.8, 4) is 0 Å². The molecule has 0 aromatic carbocycles. The van der Waals surface area contributed by atoms with E-state index in [1.54, 1.807) is 20.8 Å². The number of ether oxygens (including phenoxy) is 3. The molecule has 1 atom stereocenters. The zero-order valence-electron chi connectivity index (χ0n) is 13.5. The van der Waals surface area contributed by atoms with Gasteiger partial charge in [-0.25, -0.2) is 0 Å². The van der Waals surface area contributed by atoms with Crippen molar-refractivity contribution in [2.24, 2.45) is 0 Å². The van der Waals surface area contributed by atoms with Crippen molar-refractivity contribution in [1.29, 1.82) is 0 Å². The maximum Gasteiger partial charge on any atom is 0.539 e. The number of thiol groups is 1. The van der Waals surface area contributed by atoms with Crippen LogP contribution >= 0.6 is 12.6 Å². The smallest absolute Gasteiger partial charge is 0.372 e. The number of hydrogen-bond acceptors (Lipinski definition) is 8. The summed E-state index contributed by atoms with van der Waals surface area (Å²) in [5.74, 6) is -0.569. The number of rotatable bonds is 12. The summed E-state index contributed by atoms with van der Waals surface area (Å²) < 4.78 is 32.4. The predicted octanol–water partition coefficient (Wildman–Crippen LogP) is 1.03. The van der Waals surface area contributed by atoms with Crippen LogP contribution in [0.25, 0.3) is 0 Å². The first kappa shape index (κ1) is 21.0. The molecule has 0 bridgehead atoms. The van der Waals surface area contributed by atoms with Crippen LogP contribution in [0, 0.1) is 0 Å². The number of carbonyl (C=O) groups is 1. The minimum absolute atomic E-state index is 0.318. The molecule has 0 amide bonds. The van der Waals surface area contributed by atoms with Crippen LogP contribution < -0.4 is 0 Å². The summed E-state index contributed by atoms with van der Waals surface area (Å²) in [6.07, 6.45) is 0. The Morgan fingerprint density at radius 1 is 1.00 bits per heavy atom. The summed E-state index contributed by atoms with van der Waals surface area (Å²) in [4.78, 5) is 12.7. The molecule has 9 heteroatoms. The van der Waals surface area contributed by atoms with Crippen molar-refractivity contribution in [1.82, 2.24) is 0 Å². The maximum atomic E-state index is 12.7. The van der Waals surface area contributed by atoms with Gasteiger partial charge >= 0.3 is 8.80 Å². The zero-order valence-corrected chi connectivity index (χ0v) is 15.4. The Kier molecular flexibility index (Phi) is 9.90. The molecule has 0 fully saturated rings. The first-order chi connectivity index (χ1) is 9.91. The lowest BCUT2D eigenvalue weighted by Crippen LogP contribution is -2.64. The third kappa shape index (κ3) is 5.00. The summed E-state index contributed by atoms with van der Waals surface area (Å²) >= 11 is 4.12. The van der Waals surface area contributed by atoms with Gasteiger partial charge < -0.3 is 27.5 Å². The van der Waals surface area contributed by atoms with Gasteiger partial charge in [0.05, 0.1) is 0 Å². The second-order valence-electron chi connectivity index (χ2n) is 3.87. The number of methoxy groups -OCH3 is 3. The molecular weight excluding hydrogens is 316 g/mol. The molecule has 7 nitrogen and oxygen atoms in total. The minimum Gasteiger partial charge on any atom is -0.372 e. The number of hydrogen-bond donors (Lipinski definition) is 1. The van der Waals surface area contributed by atoms with Crippen molar-refractivity contribution in [2.75, 3.05) is 41.2 Å². The number of ketones is 1. The fraction of sp³-hybridized carbons (Fsp3) is 0.917. The summed E-state index contributed by atoms with van der Waals surface area (Å²) in [5.41, 5.74) is -1.10. The van der Waals surface area contributed by atoms with E-state index in [1.807, 2.05) is 0 Å². The highest BCUT2D eigenvalue weighted by atomic mass is 32.1. The fourth-order valence-electron chi connectivity index (χ4n) is 1.82. The molecule has 0 aromatic rings. The third-order valence-corrected chi connectivity index (χ3v) is 6.50. The minimum atomic E-state index is -3.41. The lowest BCUT2D eigenvalue weighted by atomic mass is 10.4. The Bertz CT molecular complexity index is 295. The van der Waals surface area contributed by atoms with Crippen LogP contribution in [0.2, 0.25) is 0 Å². The average Bonchev–Trinajstić information content (AvgIpc) is 2.47. The van der Waals surface area contributed by atoms with Gasteiger partial charge in [0.1, 0.15) is 0 Å². The summed E-state index contributed by atoms with van der Waals surface area (Å²) in [5, 5.41) is -1.76. The van der Waals surface area contributed by atoms with E-state index in [9.17, 15) is 4.79 Å². The van der Waals surface area contributed by atoms with E-state index in [4.69, 9.17) is 27.5 Å². The van der Waals surface area contributed by atoms with E-state index in [1.165, 1.54) is 21.3 Å². The van der Waals surface area contributed by atoms with Gasteiger partial charge in [-0.3, -0.25) is 4.79 Å². The first-order valence-electron chi connectivity index (χ1n) is 6.72.